The van der Waals surface area contributed by atoms with E-state index in [1.807, 2.05) is 56.3 Å². The summed E-state index contributed by atoms with van der Waals surface area (Å²) in [7, 11) is -1.65. The third-order valence-corrected chi connectivity index (χ3v) is 6.82. The van der Waals surface area contributed by atoms with Gasteiger partial charge >= 0.3 is 0 Å². The Morgan fingerprint density at radius 1 is 0.967 bits per heavy atom. The first-order valence-corrected chi connectivity index (χ1v) is 12.5. The van der Waals surface area contributed by atoms with Crippen LogP contribution in [0.2, 0.25) is 0 Å². The molecule has 30 heavy (non-hydrogen) atoms. The van der Waals surface area contributed by atoms with Crippen molar-refractivity contribution in [3.8, 4) is 0 Å². The molecule has 0 aromatic heterocycles. The highest BCUT2D eigenvalue weighted by molar-refractivity contribution is 8.00. The van der Waals surface area contributed by atoms with Gasteiger partial charge in [0.05, 0.1) is 5.75 Å². The van der Waals surface area contributed by atoms with Gasteiger partial charge < -0.3 is 10.6 Å². The summed E-state index contributed by atoms with van der Waals surface area (Å²) < 4.78 is 27.3. The van der Waals surface area contributed by atoms with Crippen molar-refractivity contribution in [1.29, 1.82) is 0 Å². The van der Waals surface area contributed by atoms with E-state index in [9.17, 15) is 8.42 Å². The second kappa shape index (κ2) is 12.0. The van der Waals surface area contributed by atoms with Crippen molar-refractivity contribution >= 4 is 27.7 Å². The fourth-order valence-corrected chi connectivity index (χ4v) is 5.33. The molecule has 0 aliphatic rings. The number of aliphatic imine (C=N–C) groups is 1. The maximum Gasteiger partial charge on any atom is 0.216 e. The van der Waals surface area contributed by atoms with Crippen LogP contribution in [0.15, 0.2) is 64.5 Å². The smallest absolute Gasteiger partial charge is 0.216 e. The van der Waals surface area contributed by atoms with Gasteiger partial charge in [-0.3, -0.25) is 4.99 Å². The lowest BCUT2D eigenvalue weighted by atomic mass is 10.1. The van der Waals surface area contributed by atoms with Crippen LogP contribution >= 0.6 is 11.8 Å². The molecule has 0 spiro atoms. The van der Waals surface area contributed by atoms with E-state index in [0.717, 1.165) is 17.7 Å². The zero-order chi connectivity index (χ0) is 22.0. The highest BCUT2D eigenvalue weighted by Gasteiger charge is 2.15. The standard InChI is InChI=1S/C22H32N4O2S2/c1-17(2)26-30(27,28)16-20-11-9-8-10-19(20)15-25-22(23-4)24-14-18(3)29-21-12-6-5-7-13-21/h5-13,17-18,26H,14-16H2,1-4H3,(H2,23,24,25). The average molecular weight is 449 g/mol. The molecule has 1 atom stereocenters. The van der Waals surface area contributed by atoms with E-state index in [1.54, 1.807) is 18.8 Å². The first-order valence-electron chi connectivity index (χ1n) is 10.0. The minimum Gasteiger partial charge on any atom is -0.355 e. The van der Waals surface area contributed by atoms with Crippen LogP contribution in [0.4, 0.5) is 0 Å². The lowest BCUT2D eigenvalue weighted by molar-refractivity contribution is 0.568. The molecule has 0 saturated carbocycles. The zero-order valence-corrected chi connectivity index (χ0v) is 19.7. The van der Waals surface area contributed by atoms with Crippen LogP contribution in [0.3, 0.4) is 0 Å². The van der Waals surface area contributed by atoms with Crippen LogP contribution in [0, 0.1) is 0 Å². The maximum atomic E-state index is 12.3. The summed E-state index contributed by atoms with van der Waals surface area (Å²) in [6.45, 7) is 7.05. The number of guanidine groups is 1. The van der Waals surface area contributed by atoms with Gasteiger partial charge in [-0.25, -0.2) is 13.1 Å². The molecule has 0 radical (unpaired) electrons. The highest BCUT2D eigenvalue weighted by Crippen LogP contribution is 2.21. The number of hydrogen-bond donors (Lipinski definition) is 3. The van der Waals surface area contributed by atoms with Crippen molar-refractivity contribution in [2.75, 3.05) is 13.6 Å². The van der Waals surface area contributed by atoms with Crippen LogP contribution in [-0.4, -0.2) is 39.3 Å². The number of nitrogens with zero attached hydrogens (tertiary/aromatic N) is 1. The number of rotatable bonds is 10. The Kier molecular flexibility index (Phi) is 9.68. The molecule has 0 fully saturated rings. The van der Waals surface area contributed by atoms with Crippen LogP contribution in [0.5, 0.6) is 0 Å². The summed E-state index contributed by atoms with van der Waals surface area (Å²) in [4.78, 5) is 5.52. The molecule has 2 aromatic rings. The fraction of sp³-hybridized carbons (Fsp3) is 0.409. The van der Waals surface area contributed by atoms with Gasteiger partial charge in [-0.15, -0.1) is 11.8 Å². The molecule has 2 rings (SSSR count). The highest BCUT2D eigenvalue weighted by atomic mass is 32.2. The summed E-state index contributed by atoms with van der Waals surface area (Å²) in [5, 5.41) is 6.99. The van der Waals surface area contributed by atoms with Gasteiger partial charge in [-0.2, -0.15) is 0 Å². The van der Waals surface area contributed by atoms with E-state index in [2.05, 4.69) is 39.4 Å². The maximum absolute atomic E-state index is 12.3. The van der Waals surface area contributed by atoms with Crippen molar-refractivity contribution in [2.24, 2.45) is 4.99 Å². The van der Waals surface area contributed by atoms with Crippen LogP contribution < -0.4 is 15.4 Å². The van der Waals surface area contributed by atoms with Gasteiger partial charge in [0, 0.05) is 36.3 Å². The van der Waals surface area contributed by atoms with Gasteiger partial charge in [0.15, 0.2) is 5.96 Å². The predicted octanol–water partition coefficient (Wildman–Crippen LogP) is 3.36. The summed E-state index contributed by atoms with van der Waals surface area (Å²) in [5.74, 6) is 0.647. The normalized spacial score (nSPS) is 13.3. The van der Waals surface area contributed by atoms with E-state index in [-0.39, 0.29) is 11.8 Å². The second-order valence-corrected chi connectivity index (χ2v) is 10.6. The van der Waals surface area contributed by atoms with E-state index < -0.39 is 10.0 Å². The van der Waals surface area contributed by atoms with E-state index >= 15 is 0 Å². The minimum absolute atomic E-state index is 0.0419. The van der Waals surface area contributed by atoms with Crippen LogP contribution in [0.25, 0.3) is 0 Å². The SMILES string of the molecule is CN=C(NCc1ccccc1CS(=O)(=O)NC(C)C)NCC(C)Sc1ccccc1. The molecule has 164 valence electrons. The molecule has 0 amide bonds. The molecular formula is C22H32N4O2S2. The van der Waals surface area contributed by atoms with Crippen molar-refractivity contribution < 1.29 is 8.42 Å². The summed E-state index contributed by atoms with van der Waals surface area (Å²) in [6, 6.07) is 17.7. The topological polar surface area (TPSA) is 82.6 Å². The van der Waals surface area contributed by atoms with Crippen LogP contribution in [-0.2, 0) is 22.3 Å². The van der Waals surface area contributed by atoms with Crippen molar-refractivity contribution in [2.45, 2.75) is 49.3 Å². The lowest BCUT2D eigenvalue weighted by Gasteiger charge is -2.17. The Morgan fingerprint density at radius 3 is 2.23 bits per heavy atom. The molecule has 0 aliphatic carbocycles. The van der Waals surface area contributed by atoms with Crippen molar-refractivity contribution in [3.63, 3.8) is 0 Å². The number of sulfonamides is 1. The summed E-state index contributed by atoms with van der Waals surface area (Å²) in [6.07, 6.45) is 0. The van der Waals surface area contributed by atoms with E-state index in [1.165, 1.54) is 4.90 Å². The second-order valence-electron chi connectivity index (χ2n) is 7.35. The Labute approximate surface area is 185 Å². The molecule has 0 bridgehead atoms. The quantitative estimate of drug-likeness (QED) is 0.295. The monoisotopic (exact) mass is 448 g/mol. The Morgan fingerprint density at radius 2 is 1.60 bits per heavy atom. The van der Waals surface area contributed by atoms with E-state index in [4.69, 9.17) is 0 Å². The number of benzene rings is 2. The molecule has 2 aromatic carbocycles. The molecule has 1 unspecified atom stereocenters. The predicted molar refractivity (Wildman–Crippen MR) is 127 cm³/mol. The van der Waals surface area contributed by atoms with Gasteiger partial charge in [-0.1, -0.05) is 49.4 Å². The number of hydrogen-bond acceptors (Lipinski definition) is 4. The third-order valence-electron chi connectivity index (χ3n) is 4.19. The molecular weight excluding hydrogens is 416 g/mol. The largest absolute Gasteiger partial charge is 0.355 e. The average Bonchev–Trinajstić information content (AvgIpc) is 2.68. The van der Waals surface area contributed by atoms with E-state index in [0.29, 0.717) is 17.8 Å². The Balaban J connectivity index is 1.90. The molecule has 0 aliphatic heterocycles. The van der Waals surface area contributed by atoms with Gasteiger partial charge in [0.1, 0.15) is 0 Å². The van der Waals surface area contributed by atoms with Crippen molar-refractivity contribution in [1.82, 2.24) is 15.4 Å². The number of nitrogens with one attached hydrogen (secondary N) is 3. The summed E-state index contributed by atoms with van der Waals surface area (Å²) in [5.41, 5.74) is 1.71. The first kappa shape index (κ1) is 24.2. The molecule has 3 N–H and O–H groups in total. The lowest BCUT2D eigenvalue weighted by Crippen LogP contribution is -2.39. The van der Waals surface area contributed by atoms with Gasteiger partial charge in [0.2, 0.25) is 10.0 Å². The zero-order valence-electron chi connectivity index (χ0n) is 18.1. The molecule has 6 nitrogen and oxygen atoms in total. The molecule has 8 heteroatoms. The van der Waals surface area contributed by atoms with Gasteiger partial charge in [0.25, 0.3) is 0 Å². The van der Waals surface area contributed by atoms with Crippen molar-refractivity contribution in [3.05, 3.63) is 65.7 Å². The molecule has 0 heterocycles. The Bertz CT molecular complexity index is 916. The summed E-state index contributed by atoms with van der Waals surface area (Å²) >= 11 is 1.81. The minimum atomic E-state index is -3.38. The van der Waals surface area contributed by atoms with Crippen LogP contribution in [0.1, 0.15) is 31.9 Å². The third kappa shape index (κ3) is 8.77. The molecule has 0 saturated heterocycles. The van der Waals surface area contributed by atoms with Gasteiger partial charge in [-0.05, 0) is 37.1 Å². The first-order chi connectivity index (χ1) is 14.3. The Hall–Kier alpha value is -2.03. The number of thioether (sulfide) groups is 1. The fourth-order valence-electron chi connectivity index (χ4n) is 2.89.